The molecule has 0 aliphatic heterocycles. The molecule has 0 saturated carbocycles. The van der Waals surface area contributed by atoms with Crippen molar-refractivity contribution in [2.75, 3.05) is 18.0 Å². The van der Waals surface area contributed by atoms with Crippen LogP contribution >= 0.6 is 0 Å². The summed E-state index contributed by atoms with van der Waals surface area (Å²) >= 11 is 0. The third-order valence-corrected chi connectivity index (χ3v) is 3.92. The molecule has 0 aliphatic rings. The third-order valence-electron chi connectivity index (χ3n) is 3.92. The summed E-state index contributed by atoms with van der Waals surface area (Å²) in [7, 11) is 0. The molecule has 0 amide bonds. The predicted octanol–water partition coefficient (Wildman–Crippen LogP) is 3.13. The normalized spacial score (nSPS) is 12.4. The molecule has 4 nitrogen and oxygen atoms in total. The van der Waals surface area contributed by atoms with E-state index in [4.69, 9.17) is 5.73 Å². The van der Waals surface area contributed by atoms with Crippen molar-refractivity contribution in [2.24, 2.45) is 5.73 Å². The van der Waals surface area contributed by atoms with Crippen molar-refractivity contribution in [3.05, 3.63) is 48.0 Å². The van der Waals surface area contributed by atoms with Crippen molar-refractivity contribution in [2.45, 2.75) is 39.8 Å². The fraction of sp³-hybridized carbons (Fsp3) is 0.471. The number of para-hydroxylation sites is 1. The Morgan fingerprint density at radius 1 is 1.29 bits per heavy atom. The van der Waals surface area contributed by atoms with Crippen LogP contribution in [0.4, 0.5) is 5.69 Å². The number of imidazole rings is 1. The van der Waals surface area contributed by atoms with Gasteiger partial charge in [0.15, 0.2) is 0 Å². The Morgan fingerprint density at radius 2 is 2.05 bits per heavy atom. The maximum Gasteiger partial charge on any atom is 0.0948 e. The van der Waals surface area contributed by atoms with Crippen LogP contribution in [0.5, 0.6) is 0 Å². The highest BCUT2D eigenvalue weighted by molar-refractivity contribution is 5.54. The van der Waals surface area contributed by atoms with Crippen LogP contribution in [0.25, 0.3) is 0 Å². The standard InChI is InChI=1S/C17H26N4/c1-4-10-20-13-19-12-17(20)16(11-18)21(5-2)15-9-7-6-8-14(15)3/h6-9,12-13,16H,4-5,10-11,18H2,1-3H3. The highest BCUT2D eigenvalue weighted by atomic mass is 15.2. The molecule has 2 rings (SSSR count). The molecule has 2 aromatic rings. The van der Waals surface area contributed by atoms with Crippen molar-refractivity contribution < 1.29 is 0 Å². The van der Waals surface area contributed by atoms with Gasteiger partial charge >= 0.3 is 0 Å². The molecule has 1 aromatic heterocycles. The first-order chi connectivity index (χ1) is 10.2. The van der Waals surface area contributed by atoms with Crippen LogP contribution in [0, 0.1) is 6.92 Å². The second-order valence-electron chi connectivity index (χ2n) is 5.34. The second kappa shape index (κ2) is 7.27. The van der Waals surface area contributed by atoms with Crippen molar-refractivity contribution in [1.29, 1.82) is 0 Å². The van der Waals surface area contributed by atoms with E-state index in [1.807, 2.05) is 12.5 Å². The van der Waals surface area contributed by atoms with Crippen molar-refractivity contribution >= 4 is 5.69 Å². The number of rotatable bonds is 7. The number of benzene rings is 1. The van der Waals surface area contributed by atoms with Crippen LogP contribution in [-0.4, -0.2) is 22.6 Å². The Labute approximate surface area is 127 Å². The van der Waals surface area contributed by atoms with E-state index in [1.165, 1.54) is 16.9 Å². The Bertz CT molecular complexity index is 561. The molecule has 0 radical (unpaired) electrons. The molecule has 114 valence electrons. The molecule has 0 bridgehead atoms. The minimum absolute atomic E-state index is 0.158. The van der Waals surface area contributed by atoms with E-state index >= 15 is 0 Å². The Hall–Kier alpha value is -1.81. The minimum atomic E-state index is 0.158. The SMILES string of the molecule is CCCn1cncc1C(CN)N(CC)c1ccccc1C. The smallest absolute Gasteiger partial charge is 0.0948 e. The average molecular weight is 286 g/mol. The number of nitrogens with two attached hydrogens (primary N) is 1. The second-order valence-corrected chi connectivity index (χ2v) is 5.34. The number of hydrogen-bond donors (Lipinski definition) is 1. The molecule has 1 atom stereocenters. The summed E-state index contributed by atoms with van der Waals surface area (Å²) in [5, 5.41) is 0. The number of hydrogen-bond acceptors (Lipinski definition) is 3. The lowest BCUT2D eigenvalue weighted by Gasteiger charge is -2.33. The molecule has 21 heavy (non-hydrogen) atoms. The van der Waals surface area contributed by atoms with E-state index < -0.39 is 0 Å². The predicted molar refractivity (Wildman–Crippen MR) is 88.5 cm³/mol. The van der Waals surface area contributed by atoms with E-state index in [0.29, 0.717) is 6.54 Å². The van der Waals surface area contributed by atoms with Crippen LogP contribution in [0.1, 0.15) is 37.6 Å². The Kier molecular flexibility index (Phi) is 5.39. The van der Waals surface area contributed by atoms with Gasteiger partial charge in [-0.25, -0.2) is 4.98 Å². The number of aromatic nitrogens is 2. The lowest BCUT2D eigenvalue weighted by Crippen LogP contribution is -2.35. The summed E-state index contributed by atoms with van der Waals surface area (Å²) in [6, 6.07) is 8.63. The summed E-state index contributed by atoms with van der Waals surface area (Å²) in [5.74, 6) is 0. The highest BCUT2D eigenvalue weighted by Crippen LogP contribution is 2.28. The zero-order valence-corrected chi connectivity index (χ0v) is 13.3. The van der Waals surface area contributed by atoms with Gasteiger partial charge in [0, 0.05) is 25.3 Å². The molecular formula is C17H26N4. The molecule has 1 aromatic carbocycles. The summed E-state index contributed by atoms with van der Waals surface area (Å²) in [4.78, 5) is 6.70. The zero-order chi connectivity index (χ0) is 15.2. The van der Waals surface area contributed by atoms with E-state index in [0.717, 1.165) is 19.5 Å². The average Bonchev–Trinajstić information content (AvgIpc) is 2.94. The largest absolute Gasteiger partial charge is 0.362 e. The number of likely N-dealkylation sites (N-methyl/N-ethyl adjacent to an activating group) is 1. The number of aryl methyl sites for hydroxylation is 2. The molecule has 0 fully saturated rings. The number of nitrogens with zero attached hydrogens (tertiary/aromatic N) is 3. The lowest BCUT2D eigenvalue weighted by atomic mass is 10.1. The first kappa shape index (κ1) is 15.6. The summed E-state index contributed by atoms with van der Waals surface area (Å²) in [6.07, 6.45) is 4.96. The molecule has 0 saturated heterocycles. The van der Waals surface area contributed by atoms with Crippen molar-refractivity contribution in [3.8, 4) is 0 Å². The van der Waals surface area contributed by atoms with E-state index in [9.17, 15) is 0 Å². The van der Waals surface area contributed by atoms with Gasteiger partial charge in [0.25, 0.3) is 0 Å². The van der Waals surface area contributed by atoms with Gasteiger partial charge in [-0.1, -0.05) is 25.1 Å². The first-order valence-electron chi connectivity index (χ1n) is 7.75. The van der Waals surface area contributed by atoms with Crippen molar-refractivity contribution in [3.63, 3.8) is 0 Å². The minimum Gasteiger partial charge on any atom is -0.362 e. The Balaban J connectivity index is 2.38. The fourth-order valence-corrected chi connectivity index (χ4v) is 2.89. The van der Waals surface area contributed by atoms with Gasteiger partial charge in [0.05, 0.1) is 24.3 Å². The van der Waals surface area contributed by atoms with Gasteiger partial charge < -0.3 is 15.2 Å². The Morgan fingerprint density at radius 3 is 2.67 bits per heavy atom. The van der Waals surface area contributed by atoms with Gasteiger partial charge in [-0.2, -0.15) is 0 Å². The third kappa shape index (κ3) is 3.27. The fourth-order valence-electron chi connectivity index (χ4n) is 2.89. The van der Waals surface area contributed by atoms with Crippen LogP contribution in [0.3, 0.4) is 0 Å². The van der Waals surface area contributed by atoms with E-state index in [1.54, 1.807) is 0 Å². The number of anilines is 1. The van der Waals surface area contributed by atoms with Crippen LogP contribution < -0.4 is 10.6 Å². The van der Waals surface area contributed by atoms with Gasteiger partial charge in [-0.3, -0.25) is 0 Å². The van der Waals surface area contributed by atoms with Gasteiger partial charge in [-0.15, -0.1) is 0 Å². The van der Waals surface area contributed by atoms with E-state index in [2.05, 4.69) is 59.5 Å². The molecule has 1 unspecified atom stereocenters. The quantitative estimate of drug-likeness (QED) is 0.850. The van der Waals surface area contributed by atoms with Gasteiger partial charge in [-0.05, 0) is 31.9 Å². The summed E-state index contributed by atoms with van der Waals surface area (Å²) in [6.45, 7) is 8.99. The summed E-state index contributed by atoms with van der Waals surface area (Å²) in [5.41, 5.74) is 9.84. The molecule has 4 heteroatoms. The van der Waals surface area contributed by atoms with Crippen molar-refractivity contribution in [1.82, 2.24) is 9.55 Å². The van der Waals surface area contributed by atoms with Gasteiger partial charge in [0.1, 0.15) is 0 Å². The monoisotopic (exact) mass is 286 g/mol. The molecule has 2 N–H and O–H groups in total. The lowest BCUT2D eigenvalue weighted by molar-refractivity contribution is 0.562. The maximum atomic E-state index is 6.11. The van der Waals surface area contributed by atoms with Gasteiger partial charge in [0.2, 0.25) is 0 Å². The molecule has 0 spiro atoms. The molecule has 1 heterocycles. The molecule has 0 aliphatic carbocycles. The molecular weight excluding hydrogens is 260 g/mol. The van der Waals surface area contributed by atoms with Crippen LogP contribution in [0.15, 0.2) is 36.8 Å². The van der Waals surface area contributed by atoms with Crippen LogP contribution in [0.2, 0.25) is 0 Å². The maximum absolute atomic E-state index is 6.11. The zero-order valence-electron chi connectivity index (χ0n) is 13.3. The first-order valence-corrected chi connectivity index (χ1v) is 7.75. The summed E-state index contributed by atoms with van der Waals surface area (Å²) < 4.78 is 2.22. The topological polar surface area (TPSA) is 47.1 Å². The van der Waals surface area contributed by atoms with E-state index in [-0.39, 0.29) is 6.04 Å². The highest BCUT2D eigenvalue weighted by Gasteiger charge is 2.22. The van der Waals surface area contributed by atoms with Crippen LogP contribution in [-0.2, 0) is 6.54 Å².